The highest BCUT2D eigenvalue weighted by Crippen LogP contribution is 2.31. The van der Waals surface area contributed by atoms with Crippen LogP contribution in [-0.4, -0.2) is 41.7 Å². The lowest BCUT2D eigenvalue weighted by molar-refractivity contribution is -0.140. The average molecular weight is 315 g/mol. The van der Waals surface area contributed by atoms with Crippen molar-refractivity contribution in [2.45, 2.75) is 38.1 Å². The number of piperidine rings is 2. The molecule has 4 heteroatoms. The van der Waals surface area contributed by atoms with Crippen LogP contribution in [0.1, 0.15) is 37.7 Å². The van der Waals surface area contributed by atoms with Gasteiger partial charge in [-0.25, -0.2) is 4.79 Å². The molecule has 1 aromatic carbocycles. The molecular formula is C19H25NO3. The highest BCUT2D eigenvalue weighted by Gasteiger charge is 2.33. The number of rotatable bonds is 4. The lowest BCUT2D eigenvalue weighted by Gasteiger charge is -2.44. The van der Waals surface area contributed by atoms with Crippen LogP contribution in [0.2, 0.25) is 0 Å². The van der Waals surface area contributed by atoms with Crippen molar-refractivity contribution in [1.82, 2.24) is 4.90 Å². The highest BCUT2D eigenvalue weighted by atomic mass is 16.5. The first-order valence-corrected chi connectivity index (χ1v) is 8.60. The predicted octanol–water partition coefficient (Wildman–Crippen LogP) is 3.21. The van der Waals surface area contributed by atoms with Gasteiger partial charge in [-0.05, 0) is 62.5 Å². The Bertz CT molecular complexity index is 550. The molecule has 0 amide bonds. The molecule has 0 aliphatic carbocycles. The zero-order chi connectivity index (χ0) is 16.1. The minimum absolute atomic E-state index is 0.221. The topological polar surface area (TPSA) is 49.8 Å². The van der Waals surface area contributed by atoms with Crippen molar-refractivity contribution in [2.75, 3.05) is 19.7 Å². The number of aromatic hydroxyl groups is 1. The number of esters is 1. The summed E-state index contributed by atoms with van der Waals surface area (Å²) in [4.78, 5) is 14.5. The molecule has 1 aromatic rings. The van der Waals surface area contributed by atoms with Crippen molar-refractivity contribution in [3.8, 4) is 5.75 Å². The molecule has 2 aliphatic heterocycles. The van der Waals surface area contributed by atoms with Gasteiger partial charge in [-0.1, -0.05) is 18.6 Å². The molecule has 0 aromatic heterocycles. The van der Waals surface area contributed by atoms with E-state index in [1.54, 1.807) is 30.3 Å². The molecule has 3 rings (SSSR count). The van der Waals surface area contributed by atoms with Crippen LogP contribution in [0.25, 0.3) is 6.08 Å². The lowest BCUT2D eigenvalue weighted by Crippen LogP contribution is -2.49. The zero-order valence-corrected chi connectivity index (χ0v) is 13.5. The van der Waals surface area contributed by atoms with E-state index in [4.69, 9.17) is 4.74 Å². The molecule has 0 saturated carbocycles. The average Bonchev–Trinajstić information content (AvgIpc) is 2.59. The molecule has 4 nitrogen and oxygen atoms in total. The number of benzene rings is 1. The van der Waals surface area contributed by atoms with Crippen LogP contribution in [-0.2, 0) is 9.53 Å². The van der Waals surface area contributed by atoms with Gasteiger partial charge in [0.25, 0.3) is 0 Å². The first-order chi connectivity index (χ1) is 11.2. The minimum Gasteiger partial charge on any atom is -0.508 e. The molecule has 23 heavy (non-hydrogen) atoms. The summed E-state index contributed by atoms with van der Waals surface area (Å²) in [5.41, 5.74) is 0.871. The van der Waals surface area contributed by atoms with E-state index in [-0.39, 0.29) is 11.7 Å². The molecule has 2 aliphatic rings. The number of nitrogens with zero attached hydrogens (tertiary/aromatic N) is 1. The molecule has 0 spiro atoms. The monoisotopic (exact) mass is 315 g/mol. The second-order valence-electron chi connectivity index (χ2n) is 6.56. The van der Waals surface area contributed by atoms with Crippen molar-refractivity contribution >= 4 is 12.0 Å². The minimum atomic E-state index is -0.286. The van der Waals surface area contributed by atoms with Crippen LogP contribution in [0.4, 0.5) is 0 Å². The van der Waals surface area contributed by atoms with Crippen molar-refractivity contribution in [3.05, 3.63) is 35.9 Å². The third-order valence-corrected chi connectivity index (χ3v) is 4.97. The number of hydrogen-bond donors (Lipinski definition) is 1. The van der Waals surface area contributed by atoms with Crippen molar-refractivity contribution in [3.63, 3.8) is 0 Å². The summed E-state index contributed by atoms with van der Waals surface area (Å²) in [6.45, 7) is 2.94. The fourth-order valence-electron chi connectivity index (χ4n) is 3.76. The summed E-state index contributed by atoms with van der Waals surface area (Å²) in [5, 5.41) is 9.24. The number of carbonyl (C=O) groups is 1. The Kier molecular flexibility index (Phi) is 5.34. The summed E-state index contributed by atoms with van der Waals surface area (Å²) in [6, 6.07) is 7.33. The Morgan fingerprint density at radius 1 is 1.17 bits per heavy atom. The van der Waals surface area contributed by atoms with Crippen LogP contribution in [0.5, 0.6) is 5.75 Å². The quantitative estimate of drug-likeness (QED) is 0.685. The van der Waals surface area contributed by atoms with Gasteiger partial charge in [-0.2, -0.15) is 0 Å². The van der Waals surface area contributed by atoms with Crippen molar-refractivity contribution in [1.29, 1.82) is 0 Å². The van der Waals surface area contributed by atoms with E-state index in [0.717, 1.165) is 12.0 Å². The number of phenols is 1. The first kappa shape index (κ1) is 16.1. The Balaban J connectivity index is 1.49. The van der Waals surface area contributed by atoms with Gasteiger partial charge in [0.1, 0.15) is 5.75 Å². The summed E-state index contributed by atoms with van der Waals surface area (Å²) in [7, 11) is 0. The fourth-order valence-corrected chi connectivity index (χ4v) is 3.76. The van der Waals surface area contributed by atoms with Gasteiger partial charge < -0.3 is 9.84 Å². The molecule has 1 N–H and O–H groups in total. The summed E-state index contributed by atoms with van der Waals surface area (Å²) < 4.78 is 5.47. The van der Waals surface area contributed by atoms with Crippen molar-refractivity contribution < 1.29 is 14.6 Å². The van der Waals surface area contributed by atoms with E-state index in [1.165, 1.54) is 44.8 Å². The fraction of sp³-hybridized carbons (Fsp3) is 0.526. The SMILES string of the molecule is O=C(/C=C/c1ccc(O)cc1)OC[C@@H]1CCCN2CCCC[C@H]12. The summed E-state index contributed by atoms with van der Waals surface area (Å²) >= 11 is 0. The van der Waals surface area contributed by atoms with Gasteiger partial charge >= 0.3 is 5.97 Å². The van der Waals surface area contributed by atoms with E-state index in [2.05, 4.69) is 4.90 Å². The van der Waals surface area contributed by atoms with Crippen molar-refractivity contribution in [2.24, 2.45) is 5.92 Å². The van der Waals surface area contributed by atoms with Crippen LogP contribution in [0.15, 0.2) is 30.3 Å². The Morgan fingerprint density at radius 3 is 2.78 bits per heavy atom. The summed E-state index contributed by atoms with van der Waals surface area (Å²) in [5.74, 6) is 0.417. The van der Waals surface area contributed by atoms with E-state index in [0.29, 0.717) is 18.6 Å². The Morgan fingerprint density at radius 2 is 1.96 bits per heavy atom. The standard InChI is InChI=1S/C19H25NO3/c21-17-9-6-15(7-10-17)8-11-19(22)23-14-16-4-3-13-20-12-2-1-5-18(16)20/h6-11,16,18,21H,1-5,12-14H2/b11-8+/t16-,18+/m0/s1. The third-order valence-electron chi connectivity index (χ3n) is 4.97. The second kappa shape index (κ2) is 7.64. The van der Waals surface area contributed by atoms with Gasteiger partial charge in [0.2, 0.25) is 0 Å². The lowest BCUT2D eigenvalue weighted by atomic mass is 9.84. The van der Waals surface area contributed by atoms with E-state index < -0.39 is 0 Å². The maximum absolute atomic E-state index is 11.9. The predicted molar refractivity (Wildman–Crippen MR) is 90.0 cm³/mol. The van der Waals surface area contributed by atoms with Gasteiger partial charge in [0, 0.05) is 18.0 Å². The molecule has 2 heterocycles. The molecular weight excluding hydrogens is 290 g/mol. The number of carbonyl (C=O) groups excluding carboxylic acids is 1. The molecule has 2 atom stereocenters. The first-order valence-electron chi connectivity index (χ1n) is 8.60. The number of fused-ring (bicyclic) bond motifs is 1. The van der Waals surface area contributed by atoms with Crippen LogP contribution in [0.3, 0.4) is 0 Å². The molecule has 2 saturated heterocycles. The normalized spacial score (nSPS) is 25.2. The molecule has 2 fully saturated rings. The van der Waals surface area contributed by atoms with E-state index in [1.807, 2.05) is 0 Å². The molecule has 0 radical (unpaired) electrons. The summed E-state index contributed by atoms with van der Waals surface area (Å²) in [6.07, 6.45) is 9.40. The smallest absolute Gasteiger partial charge is 0.330 e. The largest absolute Gasteiger partial charge is 0.508 e. The zero-order valence-electron chi connectivity index (χ0n) is 13.5. The Hall–Kier alpha value is -1.81. The molecule has 0 unspecified atom stereocenters. The number of phenolic OH excluding ortho intramolecular Hbond substituents is 1. The third kappa shape index (κ3) is 4.35. The number of hydrogen-bond acceptors (Lipinski definition) is 4. The highest BCUT2D eigenvalue weighted by molar-refractivity contribution is 5.87. The molecule has 124 valence electrons. The second-order valence-corrected chi connectivity index (χ2v) is 6.56. The van der Waals surface area contributed by atoms with Gasteiger partial charge in [-0.3, -0.25) is 4.90 Å². The number of ether oxygens (including phenoxy) is 1. The Labute approximate surface area is 137 Å². The van der Waals surface area contributed by atoms with Crippen LogP contribution in [0, 0.1) is 5.92 Å². The maximum Gasteiger partial charge on any atom is 0.330 e. The van der Waals surface area contributed by atoms with Gasteiger partial charge in [0.05, 0.1) is 6.61 Å². The van der Waals surface area contributed by atoms with E-state index in [9.17, 15) is 9.90 Å². The van der Waals surface area contributed by atoms with E-state index >= 15 is 0 Å². The van der Waals surface area contributed by atoms with Gasteiger partial charge in [-0.15, -0.1) is 0 Å². The molecule has 0 bridgehead atoms. The van der Waals surface area contributed by atoms with Crippen LogP contribution >= 0.6 is 0 Å². The van der Waals surface area contributed by atoms with Gasteiger partial charge in [0.15, 0.2) is 0 Å². The maximum atomic E-state index is 11.9. The van der Waals surface area contributed by atoms with Crippen LogP contribution < -0.4 is 0 Å².